The Labute approximate surface area is 152 Å². The monoisotopic (exact) mass is 372 g/mol. The summed E-state index contributed by atoms with van der Waals surface area (Å²) >= 11 is 0. The van der Waals surface area contributed by atoms with Gasteiger partial charge in [0.1, 0.15) is 5.75 Å². The van der Waals surface area contributed by atoms with E-state index in [4.69, 9.17) is 4.74 Å². The van der Waals surface area contributed by atoms with Crippen LogP contribution < -0.4 is 15.4 Å². The van der Waals surface area contributed by atoms with E-state index in [1.54, 1.807) is 7.05 Å². The van der Waals surface area contributed by atoms with Gasteiger partial charge in [-0.15, -0.1) is 0 Å². The van der Waals surface area contributed by atoms with E-state index in [0.717, 1.165) is 17.7 Å². The molecule has 1 aromatic rings. The molecule has 1 fully saturated rings. The van der Waals surface area contributed by atoms with Gasteiger partial charge in [-0.25, -0.2) is 0 Å². The fraction of sp³-hybridized carbons (Fsp3) is 0.611. The van der Waals surface area contributed by atoms with Crippen LogP contribution in [-0.2, 0) is 0 Å². The van der Waals surface area contributed by atoms with Gasteiger partial charge < -0.3 is 15.4 Å². The Morgan fingerprint density at radius 2 is 2.12 bits per heavy atom. The summed E-state index contributed by atoms with van der Waals surface area (Å²) in [6.45, 7) is 3.22. The second-order valence-electron chi connectivity index (χ2n) is 6.45. The van der Waals surface area contributed by atoms with Gasteiger partial charge in [0.15, 0.2) is 5.96 Å². The Morgan fingerprint density at radius 3 is 2.81 bits per heavy atom. The van der Waals surface area contributed by atoms with Crippen molar-refractivity contribution in [2.45, 2.75) is 32.0 Å². The normalized spacial score (nSPS) is 18.8. The summed E-state index contributed by atoms with van der Waals surface area (Å²) in [7, 11) is 1.65. The van der Waals surface area contributed by atoms with Crippen molar-refractivity contribution in [2.75, 3.05) is 39.8 Å². The van der Waals surface area contributed by atoms with E-state index in [-0.39, 0.29) is 6.04 Å². The largest absolute Gasteiger partial charge is 0.493 e. The average Bonchev–Trinajstić information content (AvgIpc) is 3.00. The molecule has 1 aliphatic heterocycles. The Morgan fingerprint density at radius 1 is 1.35 bits per heavy atom. The quantitative estimate of drug-likeness (QED) is 0.439. The maximum absolute atomic E-state index is 12.4. The van der Waals surface area contributed by atoms with Gasteiger partial charge in [0, 0.05) is 32.7 Å². The minimum absolute atomic E-state index is 0.0215. The number of aliphatic imine (C=N–C) groups is 1. The number of rotatable bonds is 7. The molecule has 2 rings (SSSR count). The number of likely N-dealkylation sites (tertiary alicyclic amines) is 1. The fourth-order valence-corrected chi connectivity index (χ4v) is 2.92. The molecule has 146 valence electrons. The number of alkyl halides is 3. The summed E-state index contributed by atoms with van der Waals surface area (Å²) in [5.74, 6) is 1.49. The molecule has 26 heavy (non-hydrogen) atoms. The molecule has 0 aliphatic carbocycles. The van der Waals surface area contributed by atoms with Crippen LogP contribution in [0.15, 0.2) is 29.3 Å². The summed E-state index contributed by atoms with van der Waals surface area (Å²) in [6, 6.07) is 7.83. The van der Waals surface area contributed by atoms with Crippen molar-refractivity contribution in [3.05, 3.63) is 29.8 Å². The second kappa shape index (κ2) is 9.66. The van der Waals surface area contributed by atoms with Crippen molar-refractivity contribution < 1.29 is 17.9 Å². The lowest BCUT2D eigenvalue weighted by Gasteiger charge is -2.19. The number of halogens is 3. The number of aryl methyl sites for hydroxylation is 1. The number of nitrogens with one attached hydrogen (secondary N) is 2. The van der Waals surface area contributed by atoms with E-state index >= 15 is 0 Å². The third-order valence-electron chi connectivity index (χ3n) is 4.20. The molecular weight excluding hydrogens is 345 g/mol. The van der Waals surface area contributed by atoms with Gasteiger partial charge >= 0.3 is 6.18 Å². The van der Waals surface area contributed by atoms with Crippen LogP contribution in [0.2, 0.25) is 0 Å². The summed E-state index contributed by atoms with van der Waals surface area (Å²) in [4.78, 5) is 5.55. The number of para-hydroxylation sites is 1. The molecule has 1 unspecified atom stereocenters. The molecule has 1 aliphatic rings. The molecule has 0 saturated carbocycles. The van der Waals surface area contributed by atoms with Crippen LogP contribution in [0.5, 0.6) is 5.75 Å². The molecule has 8 heteroatoms. The lowest BCUT2D eigenvalue weighted by Crippen LogP contribution is -2.45. The molecule has 2 N–H and O–H groups in total. The Kier molecular flexibility index (Phi) is 7.56. The van der Waals surface area contributed by atoms with E-state index in [2.05, 4.69) is 15.6 Å². The van der Waals surface area contributed by atoms with Gasteiger partial charge in [0.05, 0.1) is 13.2 Å². The van der Waals surface area contributed by atoms with Crippen molar-refractivity contribution >= 4 is 5.96 Å². The SMILES string of the molecule is CN=C(NCCCOc1ccccc1C)NC1CCN(CC(F)(F)F)C1. The molecule has 1 aromatic carbocycles. The lowest BCUT2D eigenvalue weighted by molar-refractivity contribution is -0.143. The van der Waals surface area contributed by atoms with Crippen LogP contribution in [0.4, 0.5) is 13.2 Å². The van der Waals surface area contributed by atoms with Crippen LogP contribution in [0.1, 0.15) is 18.4 Å². The highest BCUT2D eigenvalue weighted by atomic mass is 19.4. The van der Waals surface area contributed by atoms with Gasteiger partial charge in [-0.05, 0) is 31.4 Å². The highest BCUT2D eigenvalue weighted by Crippen LogP contribution is 2.20. The van der Waals surface area contributed by atoms with Gasteiger partial charge in [-0.2, -0.15) is 13.2 Å². The van der Waals surface area contributed by atoms with Crippen LogP contribution in [0.25, 0.3) is 0 Å². The summed E-state index contributed by atoms with van der Waals surface area (Å²) in [5.41, 5.74) is 1.10. The predicted molar refractivity (Wildman–Crippen MR) is 96.7 cm³/mol. The first-order chi connectivity index (χ1) is 12.4. The third kappa shape index (κ3) is 7.11. The summed E-state index contributed by atoms with van der Waals surface area (Å²) in [6.07, 6.45) is -2.68. The van der Waals surface area contributed by atoms with Gasteiger partial charge in [-0.1, -0.05) is 18.2 Å². The number of benzene rings is 1. The van der Waals surface area contributed by atoms with E-state index < -0.39 is 12.7 Å². The van der Waals surface area contributed by atoms with Gasteiger partial charge in [0.25, 0.3) is 0 Å². The maximum atomic E-state index is 12.4. The van der Waals surface area contributed by atoms with E-state index in [9.17, 15) is 13.2 Å². The van der Waals surface area contributed by atoms with Crippen LogP contribution in [-0.4, -0.2) is 62.9 Å². The Bertz CT molecular complexity index is 592. The zero-order chi connectivity index (χ0) is 19.0. The smallest absolute Gasteiger partial charge is 0.401 e. The van der Waals surface area contributed by atoms with Crippen molar-refractivity contribution in [1.29, 1.82) is 0 Å². The Hall–Kier alpha value is -1.96. The number of ether oxygens (including phenoxy) is 1. The maximum Gasteiger partial charge on any atom is 0.401 e. The summed E-state index contributed by atoms with van der Waals surface area (Å²) in [5, 5.41) is 6.37. The molecule has 0 radical (unpaired) electrons. The zero-order valence-electron chi connectivity index (χ0n) is 15.3. The second-order valence-corrected chi connectivity index (χ2v) is 6.45. The topological polar surface area (TPSA) is 48.9 Å². The Balaban J connectivity index is 1.63. The molecule has 5 nitrogen and oxygen atoms in total. The van der Waals surface area contributed by atoms with E-state index in [1.807, 2.05) is 31.2 Å². The number of hydrogen-bond donors (Lipinski definition) is 2. The molecule has 0 spiro atoms. The van der Waals surface area contributed by atoms with Crippen molar-refractivity contribution in [1.82, 2.24) is 15.5 Å². The number of hydrogen-bond acceptors (Lipinski definition) is 3. The van der Waals surface area contributed by atoms with Crippen LogP contribution in [0.3, 0.4) is 0 Å². The highest BCUT2D eigenvalue weighted by Gasteiger charge is 2.34. The zero-order valence-corrected chi connectivity index (χ0v) is 15.3. The van der Waals surface area contributed by atoms with Crippen molar-refractivity contribution in [2.24, 2.45) is 4.99 Å². The third-order valence-corrected chi connectivity index (χ3v) is 4.20. The molecule has 0 amide bonds. The molecule has 0 aromatic heterocycles. The fourth-order valence-electron chi connectivity index (χ4n) is 2.92. The average molecular weight is 372 g/mol. The first kappa shape index (κ1) is 20.4. The van der Waals surface area contributed by atoms with Crippen molar-refractivity contribution in [3.8, 4) is 5.75 Å². The first-order valence-electron chi connectivity index (χ1n) is 8.82. The number of guanidine groups is 1. The molecule has 1 atom stereocenters. The van der Waals surface area contributed by atoms with E-state index in [1.165, 1.54) is 4.90 Å². The van der Waals surface area contributed by atoms with Gasteiger partial charge in [0.2, 0.25) is 0 Å². The molecule has 0 bridgehead atoms. The minimum Gasteiger partial charge on any atom is -0.493 e. The number of nitrogens with zero attached hydrogens (tertiary/aromatic N) is 2. The van der Waals surface area contributed by atoms with Crippen LogP contribution in [0, 0.1) is 6.92 Å². The highest BCUT2D eigenvalue weighted by molar-refractivity contribution is 5.79. The standard InChI is InChI=1S/C18H27F3N4O/c1-14-6-3-4-7-16(14)26-11-5-9-23-17(22-2)24-15-8-10-25(12-15)13-18(19,20)21/h3-4,6-7,15H,5,8-13H2,1-2H3,(H2,22,23,24). The van der Waals surface area contributed by atoms with Crippen molar-refractivity contribution in [3.63, 3.8) is 0 Å². The molecular formula is C18H27F3N4O. The lowest BCUT2D eigenvalue weighted by atomic mass is 10.2. The van der Waals surface area contributed by atoms with Crippen LogP contribution >= 0.6 is 0 Å². The van der Waals surface area contributed by atoms with E-state index in [0.29, 0.717) is 38.6 Å². The summed E-state index contributed by atoms with van der Waals surface area (Å²) < 4.78 is 43.1. The first-order valence-corrected chi connectivity index (χ1v) is 8.82. The predicted octanol–water partition coefficient (Wildman–Crippen LogP) is 2.57. The molecule has 1 heterocycles. The molecule has 1 saturated heterocycles. The van der Waals surface area contributed by atoms with Gasteiger partial charge in [-0.3, -0.25) is 9.89 Å². The minimum atomic E-state index is -4.15.